The lowest BCUT2D eigenvalue weighted by atomic mass is 9.58. The maximum atomic E-state index is 6.53. The Labute approximate surface area is 281 Å². The third-order valence-corrected chi connectivity index (χ3v) is 10.3. The minimum absolute atomic E-state index is 0.149. The molecule has 1 saturated carbocycles. The Bertz CT molecular complexity index is 1520. The molecule has 0 radical (unpaired) electrons. The average molecular weight is 662 g/mol. The van der Waals surface area contributed by atoms with Crippen LogP contribution in [0, 0.1) is 23.7 Å². The highest BCUT2D eigenvalue weighted by Crippen LogP contribution is 2.60. The third-order valence-electron chi connectivity index (χ3n) is 10.3. The van der Waals surface area contributed by atoms with Gasteiger partial charge in [0.25, 0.3) is 0 Å². The fraction of sp³-hybridized carbons (Fsp3) is 0.571. The largest absolute Gasteiger partial charge is 0.497 e. The lowest BCUT2D eigenvalue weighted by Crippen LogP contribution is -2.70. The molecule has 48 heavy (non-hydrogen) atoms. The molecular weight excluding hydrogens is 614 g/mol. The smallest absolute Gasteiger partial charge is 0.233 e. The molecule has 5 heterocycles. The van der Waals surface area contributed by atoms with E-state index in [1.165, 1.54) is 6.42 Å². The Kier molecular flexibility index (Phi) is 9.67. The lowest BCUT2D eigenvalue weighted by Gasteiger charge is -2.60. The Hall–Kier alpha value is -3.59. The van der Waals surface area contributed by atoms with Crippen LogP contribution in [-0.2, 0) is 24.0 Å². The second-order valence-electron chi connectivity index (χ2n) is 13.5. The van der Waals surface area contributed by atoms with E-state index in [1.807, 2.05) is 61.5 Å². The van der Waals surface area contributed by atoms with Crippen molar-refractivity contribution in [2.75, 3.05) is 49.3 Å². The van der Waals surface area contributed by atoms with E-state index in [0.717, 1.165) is 36.4 Å². The molecule has 2 aromatic carbocycles. The second-order valence-corrected chi connectivity index (χ2v) is 13.5. The number of anilines is 5. The van der Waals surface area contributed by atoms with Crippen molar-refractivity contribution in [1.29, 1.82) is 0 Å². The SMILES string of the molecule is COc1ccc(Nc2nc(NCCNCCO[C@H]3O[C@@H]4O[C@@]5(C)CC[C@H]6[C@H](C)CC[C@@H]([C@H]3C)[C@@]46OO5)nc(Nc3ccccc3)n2)cc1. The number of para-hydroxylation sites is 1. The lowest BCUT2D eigenvalue weighted by molar-refractivity contribution is -0.577. The normalized spacial score (nSPS) is 32.2. The van der Waals surface area contributed by atoms with Crippen molar-refractivity contribution in [2.45, 2.75) is 70.4 Å². The molecule has 13 nitrogen and oxygen atoms in total. The number of hydrogen-bond acceptors (Lipinski definition) is 13. The standard InChI is InChI=1S/C35H47N7O6/c1-22-10-15-28-23(2)29(45-30-35(28)27(22)16-17-34(3,46-30)47-48-35)44-21-20-36-18-19-37-31-40-32(38-24-8-6-5-7-9-24)42-33(41-31)39-25-11-13-26(43-4)14-12-25/h5-9,11-14,22-23,27-30,36H,10,15-21H2,1-4H3,(H3,37,38,39,40,41,42)/t22-,23-,27+,28+,29+,30-,34-,35-/m1/s1. The zero-order chi connectivity index (χ0) is 33.1. The summed E-state index contributed by atoms with van der Waals surface area (Å²) in [7, 11) is 1.64. The van der Waals surface area contributed by atoms with Gasteiger partial charge in [-0.05, 0) is 74.4 Å². The molecule has 4 saturated heterocycles. The van der Waals surface area contributed by atoms with Crippen molar-refractivity contribution >= 4 is 29.2 Å². The molecule has 5 aliphatic rings. The van der Waals surface area contributed by atoms with Crippen molar-refractivity contribution in [3.63, 3.8) is 0 Å². The summed E-state index contributed by atoms with van der Waals surface area (Å²) in [5, 5.41) is 13.3. The quantitative estimate of drug-likeness (QED) is 0.134. The fourth-order valence-electron chi connectivity index (χ4n) is 7.72. The van der Waals surface area contributed by atoms with Crippen molar-refractivity contribution in [3.05, 3.63) is 54.6 Å². The van der Waals surface area contributed by atoms with Gasteiger partial charge in [0.1, 0.15) is 5.75 Å². The topological polar surface area (TPSA) is 142 Å². The number of benzene rings is 2. The van der Waals surface area contributed by atoms with Crippen LogP contribution in [0.3, 0.4) is 0 Å². The molecule has 0 unspecified atom stereocenters. The molecule has 8 rings (SSSR count). The second kappa shape index (κ2) is 14.1. The molecular formula is C35H47N7O6. The summed E-state index contributed by atoms with van der Waals surface area (Å²) < 4.78 is 24.6. The first kappa shape index (κ1) is 32.9. The van der Waals surface area contributed by atoms with Crippen LogP contribution in [0.25, 0.3) is 0 Å². The predicted molar refractivity (Wildman–Crippen MR) is 180 cm³/mol. The van der Waals surface area contributed by atoms with E-state index >= 15 is 0 Å². The first-order chi connectivity index (χ1) is 23.3. The summed E-state index contributed by atoms with van der Waals surface area (Å²) in [6.07, 6.45) is 3.15. The van der Waals surface area contributed by atoms with Gasteiger partial charge in [0.15, 0.2) is 18.2 Å². The highest BCUT2D eigenvalue weighted by atomic mass is 17.3. The van der Waals surface area contributed by atoms with Crippen LogP contribution in [0.15, 0.2) is 54.6 Å². The Balaban J connectivity index is 0.915. The Morgan fingerprint density at radius 2 is 1.54 bits per heavy atom. The molecule has 1 aromatic heterocycles. The van der Waals surface area contributed by atoms with E-state index in [0.29, 0.717) is 55.9 Å². The van der Waals surface area contributed by atoms with E-state index in [1.54, 1.807) is 7.11 Å². The van der Waals surface area contributed by atoms with E-state index in [2.05, 4.69) is 50.1 Å². The predicted octanol–water partition coefficient (Wildman–Crippen LogP) is 5.59. The summed E-state index contributed by atoms with van der Waals surface area (Å²) >= 11 is 0. The Morgan fingerprint density at radius 1 is 0.812 bits per heavy atom. The molecule has 258 valence electrons. The summed E-state index contributed by atoms with van der Waals surface area (Å²) in [4.78, 5) is 25.9. The number of methoxy groups -OCH3 is 1. The van der Waals surface area contributed by atoms with Gasteiger partial charge in [-0.2, -0.15) is 15.0 Å². The molecule has 8 atom stereocenters. The molecule has 1 spiro atoms. The number of fused-ring (bicyclic) bond motifs is 2. The number of nitrogens with one attached hydrogen (secondary N) is 4. The van der Waals surface area contributed by atoms with E-state index < -0.39 is 17.7 Å². The highest BCUT2D eigenvalue weighted by molar-refractivity contribution is 5.59. The average Bonchev–Trinajstić information content (AvgIpc) is 3.32. The number of hydrogen-bond donors (Lipinski definition) is 4. The molecule has 2 bridgehead atoms. The number of nitrogens with zero attached hydrogens (tertiary/aromatic N) is 3. The van der Waals surface area contributed by atoms with E-state index in [4.69, 9.17) is 28.7 Å². The zero-order valence-corrected chi connectivity index (χ0v) is 28.1. The molecule has 0 amide bonds. The Morgan fingerprint density at radius 3 is 2.29 bits per heavy atom. The zero-order valence-electron chi connectivity index (χ0n) is 28.1. The van der Waals surface area contributed by atoms with Gasteiger partial charge < -0.3 is 40.2 Å². The molecule has 1 aliphatic carbocycles. The van der Waals surface area contributed by atoms with Gasteiger partial charge in [-0.25, -0.2) is 9.78 Å². The molecule has 4 N–H and O–H groups in total. The van der Waals surface area contributed by atoms with Gasteiger partial charge in [0.2, 0.25) is 23.6 Å². The summed E-state index contributed by atoms with van der Waals surface area (Å²) in [5.74, 6) is 2.54. The van der Waals surface area contributed by atoms with Gasteiger partial charge >= 0.3 is 0 Å². The molecule has 4 aliphatic heterocycles. The summed E-state index contributed by atoms with van der Waals surface area (Å²) in [5.41, 5.74) is 1.13. The van der Waals surface area contributed by atoms with Crippen molar-refractivity contribution in [2.24, 2.45) is 23.7 Å². The number of ether oxygens (including phenoxy) is 4. The van der Waals surface area contributed by atoms with Gasteiger partial charge in [0, 0.05) is 49.3 Å². The fourth-order valence-corrected chi connectivity index (χ4v) is 7.72. The molecule has 5 fully saturated rings. The van der Waals surface area contributed by atoms with Gasteiger partial charge in [-0.1, -0.05) is 32.0 Å². The summed E-state index contributed by atoms with van der Waals surface area (Å²) in [6, 6.07) is 17.4. The van der Waals surface area contributed by atoms with Crippen LogP contribution < -0.4 is 26.0 Å². The van der Waals surface area contributed by atoms with E-state index in [9.17, 15) is 0 Å². The minimum Gasteiger partial charge on any atom is -0.497 e. The monoisotopic (exact) mass is 661 g/mol. The highest BCUT2D eigenvalue weighted by Gasteiger charge is 2.69. The van der Waals surface area contributed by atoms with Gasteiger partial charge in [-0.15, -0.1) is 0 Å². The van der Waals surface area contributed by atoms with Crippen LogP contribution in [0.1, 0.15) is 46.5 Å². The first-order valence-electron chi connectivity index (χ1n) is 17.1. The maximum absolute atomic E-state index is 6.53. The van der Waals surface area contributed by atoms with Crippen LogP contribution in [0.5, 0.6) is 5.75 Å². The van der Waals surface area contributed by atoms with Crippen molar-refractivity contribution < 1.29 is 28.7 Å². The maximum Gasteiger partial charge on any atom is 0.233 e. The van der Waals surface area contributed by atoms with Crippen LogP contribution in [-0.4, -0.2) is 72.3 Å². The minimum atomic E-state index is -0.791. The molecule has 3 aromatic rings. The number of rotatable bonds is 13. The number of aromatic nitrogens is 3. The van der Waals surface area contributed by atoms with Gasteiger partial charge in [0.05, 0.1) is 13.7 Å². The van der Waals surface area contributed by atoms with Gasteiger partial charge in [-0.3, -0.25) is 0 Å². The third kappa shape index (κ3) is 6.80. The van der Waals surface area contributed by atoms with Crippen LogP contribution in [0.4, 0.5) is 29.2 Å². The first-order valence-corrected chi connectivity index (χ1v) is 17.1. The van der Waals surface area contributed by atoms with Crippen molar-refractivity contribution in [3.8, 4) is 5.75 Å². The van der Waals surface area contributed by atoms with E-state index in [-0.39, 0.29) is 18.1 Å². The van der Waals surface area contributed by atoms with Crippen LogP contribution >= 0.6 is 0 Å². The van der Waals surface area contributed by atoms with Crippen molar-refractivity contribution in [1.82, 2.24) is 20.3 Å². The van der Waals surface area contributed by atoms with Crippen LogP contribution in [0.2, 0.25) is 0 Å². The molecule has 13 heteroatoms. The summed E-state index contributed by atoms with van der Waals surface area (Å²) in [6.45, 7) is 8.92.